The number of aliphatic hydroxyl groups excluding tert-OH is 1. The number of likely N-dealkylation sites (tertiary alicyclic amines) is 1. The molecule has 0 spiro atoms. The highest BCUT2D eigenvalue weighted by Gasteiger charge is 2.22. The van der Waals surface area contributed by atoms with E-state index < -0.39 is 0 Å². The van der Waals surface area contributed by atoms with E-state index in [1.807, 2.05) is 12.1 Å². The van der Waals surface area contributed by atoms with Crippen molar-refractivity contribution in [2.24, 2.45) is 0 Å². The summed E-state index contributed by atoms with van der Waals surface area (Å²) in [6.45, 7) is 1.06. The lowest BCUT2D eigenvalue weighted by atomic mass is 10.2. The van der Waals surface area contributed by atoms with Gasteiger partial charge in [0.1, 0.15) is 0 Å². The molecule has 4 heteroatoms. The lowest BCUT2D eigenvalue weighted by Gasteiger charge is -2.12. The number of nitrogens with zero attached hydrogens (tertiary/aromatic N) is 1. The first-order chi connectivity index (χ1) is 8.15. The molecule has 0 unspecified atom stereocenters. The van der Waals surface area contributed by atoms with Crippen LogP contribution in [0.1, 0.15) is 12.0 Å². The summed E-state index contributed by atoms with van der Waals surface area (Å²) in [6.07, 6.45) is 3.58. The summed E-state index contributed by atoms with van der Waals surface area (Å²) in [5, 5.41) is 10.0. The van der Waals surface area contributed by atoms with Crippen molar-refractivity contribution in [1.82, 2.24) is 4.90 Å². The Bertz CT molecular complexity index is 428. The Hall–Kier alpha value is -1.32. The number of halogens is 1. The number of rotatable bonds is 2. The van der Waals surface area contributed by atoms with Crippen molar-refractivity contribution in [3.05, 3.63) is 40.9 Å². The largest absolute Gasteiger partial charge is 0.391 e. The van der Waals surface area contributed by atoms with Crippen molar-refractivity contribution >= 4 is 23.6 Å². The normalized spacial score (nSPS) is 20.1. The maximum absolute atomic E-state index is 11.7. The lowest BCUT2D eigenvalue weighted by molar-refractivity contribution is -0.125. The van der Waals surface area contributed by atoms with Crippen LogP contribution >= 0.6 is 11.6 Å². The molecular weight excluding hydrogens is 238 g/mol. The van der Waals surface area contributed by atoms with E-state index >= 15 is 0 Å². The van der Waals surface area contributed by atoms with Crippen LogP contribution in [0.5, 0.6) is 0 Å². The highest BCUT2D eigenvalue weighted by atomic mass is 35.5. The van der Waals surface area contributed by atoms with Crippen molar-refractivity contribution in [2.75, 3.05) is 13.1 Å². The number of carbonyl (C=O) groups excluding carboxylic acids is 1. The van der Waals surface area contributed by atoms with E-state index in [4.69, 9.17) is 11.6 Å². The Morgan fingerprint density at radius 3 is 2.71 bits per heavy atom. The Morgan fingerprint density at radius 2 is 2.12 bits per heavy atom. The second-order valence-corrected chi connectivity index (χ2v) is 4.55. The van der Waals surface area contributed by atoms with Gasteiger partial charge in [0, 0.05) is 24.2 Å². The molecule has 3 nitrogen and oxygen atoms in total. The highest BCUT2D eigenvalue weighted by molar-refractivity contribution is 6.30. The van der Waals surface area contributed by atoms with Crippen LogP contribution in [0.15, 0.2) is 30.3 Å². The van der Waals surface area contributed by atoms with E-state index in [1.165, 1.54) is 6.08 Å². The Kier molecular flexibility index (Phi) is 3.82. The second kappa shape index (κ2) is 5.34. The average Bonchev–Trinajstić information content (AvgIpc) is 2.75. The van der Waals surface area contributed by atoms with Crippen molar-refractivity contribution in [2.45, 2.75) is 12.5 Å². The maximum Gasteiger partial charge on any atom is 0.246 e. The van der Waals surface area contributed by atoms with E-state index in [9.17, 15) is 9.90 Å². The third kappa shape index (κ3) is 3.32. The third-order valence-electron chi connectivity index (χ3n) is 2.76. The summed E-state index contributed by atoms with van der Waals surface area (Å²) in [6, 6.07) is 7.27. The molecule has 0 saturated carbocycles. The predicted octanol–water partition coefficient (Wildman–Crippen LogP) is 1.95. The molecule has 90 valence electrons. The minimum atomic E-state index is -0.372. The highest BCUT2D eigenvalue weighted by Crippen LogP contribution is 2.12. The van der Waals surface area contributed by atoms with Crippen LogP contribution < -0.4 is 0 Å². The van der Waals surface area contributed by atoms with Crippen LogP contribution in [0, 0.1) is 0 Å². The fourth-order valence-electron chi connectivity index (χ4n) is 1.79. The van der Waals surface area contributed by atoms with Gasteiger partial charge in [0.05, 0.1) is 6.10 Å². The number of amides is 1. The number of hydrogen-bond acceptors (Lipinski definition) is 2. The average molecular weight is 252 g/mol. The molecule has 1 aromatic carbocycles. The third-order valence-corrected chi connectivity index (χ3v) is 3.02. The molecule has 0 radical (unpaired) electrons. The van der Waals surface area contributed by atoms with Crippen molar-refractivity contribution in [1.29, 1.82) is 0 Å². The van der Waals surface area contributed by atoms with Crippen LogP contribution in [-0.4, -0.2) is 35.1 Å². The molecule has 0 aromatic heterocycles. The monoisotopic (exact) mass is 251 g/mol. The molecule has 1 saturated heterocycles. The summed E-state index contributed by atoms with van der Waals surface area (Å²) in [4.78, 5) is 13.4. The molecule has 17 heavy (non-hydrogen) atoms. The molecule has 1 atom stereocenters. The molecule has 0 aliphatic carbocycles. The van der Waals surface area contributed by atoms with Crippen LogP contribution in [0.4, 0.5) is 0 Å². The molecule has 1 aliphatic rings. The number of carbonyl (C=O) groups is 1. The number of benzene rings is 1. The first-order valence-corrected chi connectivity index (χ1v) is 5.93. The zero-order valence-electron chi connectivity index (χ0n) is 9.34. The quantitative estimate of drug-likeness (QED) is 0.817. The minimum absolute atomic E-state index is 0.0588. The fourth-order valence-corrected chi connectivity index (χ4v) is 1.91. The van der Waals surface area contributed by atoms with Gasteiger partial charge < -0.3 is 10.0 Å². The van der Waals surface area contributed by atoms with Gasteiger partial charge in [-0.15, -0.1) is 0 Å². The smallest absolute Gasteiger partial charge is 0.246 e. The van der Waals surface area contributed by atoms with E-state index in [-0.39, 0.29) is 12.0 Å². The van der Waals surface area contributed by atoms with E-state index in [0.717, 1.165) is 5.56 Å². The summed E-state index contributed by atoms with van der Waals surface area (Å²) < 4.78 is 0. The zero-order valence-corrected chi connectivity index (χ0v) is 10.1. The lowest BCUT2D eigenvalue weighted by Crippen LogP contribution is -2.27. The molecule has 1 heterocycles. The van der Waals surface area contributed by atoms with Gasteiger partial charge in [-0.2, -0.15) is 0 Å². The van der Waals surface area contributed by atoms with E-state index in [0.29, 0.717) is 24.5 Å². The topological polar surface area (TPSA) is 40.5 Å². The standard InChI is InChI=1S/C13H14ClNO2/c14-11-4-1-10(2-5-11)3-6-13(17)15-8-7-12(16)9-15/h1-6,12,16H,7-9H2/b6-3+/t12-/m1/s1. The summed E-state index contributed by atoms with van der Waals surface area (Å²) in [5.74, 6) is -0.0588. The van der Waals surface area contributed by atoms with Crippen LogP contribution in [0.25, 0.3) is 6.08 Å². The van der Waals surface area contributed by atoms with Gasteiger partial charge in [-0.1, -0.05) is 23.7 Å². The Balaban J connectivity index is 1.96. The molecule has 0 bridgehead atoms. The first-order valence-electron chi connectivity index (χ1n) is 5.56. The van der Waals surface area contributed by atoms with Gasteiger partial charge in [0.15, 0.2) is 0 Å². The fraction of sp³-hybridized carbons (Fsp3) is 0.308. The molecule has 1 N–H and O–H groups in total. The van der Waals surface area contributed by atoms with Gasteiger partial charge in [-0.3, -0.25) is 4.79 Å². The molecular formula is C13H14ClNO2. The molecule has 1 aromatic rings. The maximum atomic E-state index is 11.7. The number of hydrogen-bond donors (Lipinski definition) is 1. The van der Waals surface area contributed by atoms with Crippen LogP contribution in [-0.2, 0) is 4.79 Å². The minimum Gasteiger partial charge on any atom is -0.391 e. The first kappa shape index (κ1) is 12.1. The molecule has 2 rings (SSSR count). The summed E-state index contributed by atoms with van der Waals surface area (Å²) in [7, 11) is 0. The second-order valence-electron chi connectivity index (χ2n) is 4.11. The van der Waals surface area contributed by atoms with Crippen molar-refractivity contribution in [3.63, 3.8) is 0 Å². The van der Waals surface area contributed by atoms with Crippen LogP contribution in [0.3, 0.4) is 0 Å². The molecule has 1 amide bonds. The zero-order chi connectivity index (χ0) is 12.3. The number of aliphatic hydroxyl groups is 1. The van der Waals surface area contributed by atoms with E-state index in [2.05, 4.69) is 0 Å². The van der Waals surface area contributed by atoms with Crippen LogP contribution in [0.2, 0.25) is 5.02 Å². The summed E-state index contributed by atoms with van der Waals surface area (Å²) >= 11 is 5.77. The van der Waals surface area contributed by atoms with Gasteiger partial charge >= 0.3 is 0 Å². The summed E-state index contributed by atoms with van der Waals surface area (Å²) in [5.41, 5.74) is 0.933. The number of β-amino-alcohol motifs (C(OH)–C–C–N with tert-alkyl or cyclic N) is 1. The molecule has 1 fully saturated rings. The SMILES string of the molecule is O=C(/C=C/c1ccc(Cl)cc1)N1CC[C@@H](O)C1. The van der Waals surface area contributed by atoms with Crippen molar-refractivity contribution in [3.8, 4) is 0 Å². The van der Waals surface area contributed by atoms with Gasteiger partial charge in [-0.25, -0.2) is 0 Å². The van der Waals surface area contributed by atoms with E-state index in [1.54, 1.807) is 23.1 Å². The Morgan fingerprint density at radius 1 is 1.41 bits per heavy atom. The van der Waals surface area contributed by atoms with Gasteiger partial charge in [-0.05, 0) is 30.2 Å². The van der Waals surface area contributed by atoms with Gasteiger partial charge in [0.25, 0.3) is 0 Å². The molecule has 1 aliphatic heterocycles. The van der Waals surface area contributed by atoms with Gasteiger partial charge in [0.2, 0.25) is 5.91 Å². The van der Waals surface area contributed by atoms with Crippen molar-refractivity contribution < 1.29 is 9.90 Å². The Labute approximate surface area is 105 Å². The predicted molar refractivity (Wildman–Crippen MR) is 67.7 cm³/mol.